The lowest BCUT2D eigenvalue weighted by Crippen LogP contribution is -2.57. The highest BCUT2D eigenvalue weighted by Gasteiger charge is 2.66. The van der Waals surface area contributed by atoms with Gasteiger partial charge in [0, 0.05) is 18.3 Å². The smallest absolute Gasteiger partial charge is 0.185 e. The van der Waals surface area contributed by atoms with Crippen molar-refractivity contribution in [2.75, 3.05) is 13.2 Å². The summed E-state index contributed by atoms with van der Waals surface area (Å²) in [5.41, 5.74) is 1.20. The largest absolute Gasteiger partial charge is 0.399 e. The lowest BCUT2D eigenvalue weighted by atomic mass is 9.51. The first-order chi connectivity index (χ1) is 14.5. The zero-order chi connectivity index (χ0) is 22.3. The predicted octanol–water partition coefficient (Wildman–Crippen LogP) is 4.92. The normalized spacial score (nSPS) is 46.4. The molecule has 4 aliphatic carbocycles. The number of nitriles is 1. The summed E-state index contributed by atoms with van der Waals surface area (Å²) < 4.78 is 18.7. The molecule has 5 aliphatic rings. The van der Waals surface area contributed by atoms with E-state index in [-0.39, 0.29) is 5.41 Å². The molecule has 172 valence electrons. The molecule has 1 N–H and O–H groups in total. The molecule has 6 heteroatoms. The Balaban J connectivity index is 1.51. The minimum Gasteiger partial charge on any atom is -0.399 e. The van der Waals surface area contributed by atoms with Gasteiger partial charge in [-0.1, -0.05) is 19.4 Å². The van der Waals surface area contributed by atoms with Gasteiger partial charge in [0.2, 0.25) is 0 Å². The second-order valence-corrected chi connectivity index (χ2v) is 16.6. The van der Waals surface area contributed by atoms with Gasteiger partial charge in [0.05, 0.1) is 24.9 Å². The average molecular weight is 446 g/mol. The zero-order valence-corrected chi connectivity index (χ0v) is 20.9. The molecule has 1 saturated heterocycles. The summed E-state index contributed by atoms with van der Waals surface area (Å²) in [4.78, 5) is 0. The average Bonchev–Trinajstić information content (AvgIpc) is 3.22. The van der Waals surface area contributed by atoms with E-state index in [1.807, 2.05) is 0 Å². The molecular weight excluding hydrogens is 406 g/mol. The Morgan fingerprint density at radius 2 is 1.84 bits per heavy atom. The van der Waals surface area contributed by atoms with Crippen molar-refractivity contribution in [2.24, 2.45) is 23.2 Å². The molecule has 0 aromatic heterocycles. The molecule has 4 fully saturated rings. The molecule has 1 spiro atoms. The molecule has 1 aliphatic heterocycles. The molecule has 1 unspecified atom stereocenters. The number of fused-ring (bicyclic) bond motifs is 4. The van der Waals surface area contributed by atoms with Crippen LogP contribution in [0.2, 0.25) is 19.6 Å². The summed E-state index contributed by atoms with van der Waals surface area (Å²) in [5, 5.41) is 22.2. The maximum Gasteiger partial charge on any atom is 0.185 e. The Morgan fingerprint density at radius 1 is 1.13 bits per heavy atom. The van der Waals surface area contributed by atoms with Gasteiger partial charge in [0.15, 0.2) is 14.1 Å². The van der Waals surface area contributed by atoms with E-state index >= 15 is 0 Å². The monoisotopic (exact) mass is 445 g/mol. The third-order valence-corrected chi connectivity index (χ3v) is 10.2. The number of nitrogens with zero attached hydrogens (tertiary/aromatic N) is 1. The van der Waals surface area contributed by atoms with Crippen LogP contribution >= 0.6 is 0 Å². The van der Waals surface area contributed by atoms with Crippen LogP contribution in [0.3, 0.4) is 0 Å². The number of hydrogen-bond donors (Lipinski definition) is 1. The number of ether oxygens (including phenoxy) is 2. The van der Waals surface area contributed by atoms with Crippen LogP contribution in [0, 0.1) is 34.5 Å². The van der Waals surface area contributed by atoms with E-state index in [1.54, 1.807) is 0 Å². The fraction of sp³-hybridized carbons (Fsp3) is 0.880. The Labute approximate surface area is 188 Å². The highest BCUT2D eigenvalue weighted by Crippen LogP contribution is 2.67. The third kappa shape index (κ3) is 3.14. The first-order valence-electron chi connectivity index (χ1n) is 12.3. The van der Waals surface area contributed by atoms with Crippen molar-refractivity contribution in [1.82, 2.24) is 0 Å². The number of allylic oxidation sites excluding steroid dienone is 1. The van der Waals surface area contributed by atoms with E-state index in [1.165, 1.54) is 11.1 Å². The van der Waals surface area contributed by atoms with Gasteiger partial charge >= 0.3 is 0 Å². The minimum absolute atomic E-state index is 0.126. The van der Waals surface area contributed by atoms with Crippen LogP contribution in [-0.2, 0) is 13.9 Å². The third-order valence-electron chi connectivity index (χ3n) is 9.27. The summed E-state index contributed by atoms with van der Waals surface area (Å²) in [6.45, 7) is 12.5. The van der Waals surface area contributed by atoms with E-state index < -0.39 is 25.3 Å². The van der Waals surface area contributed by atoms with Crippen molar-refractivity contribution in [2.45, 2.75) is 102 Å². The summed E-state index contributed by atoms with van der Waals surface area (Å²) in [6, 6.07) is 2.70. The molecule has 6 atom stereocenters. The quantitative estimate of drug-likeness (QED) is 0.482. The Hall–Kier alpha value is -0.713. The topological polar surface area (TPSA) is 71.7 Å². The minimum atomic E-state index is -1.87. The van der Waals surface area contributed by atoms with Gasteiger partial charge in [-0.25, -0.2) is 0 Å². The van der Waals surface area contributed by atoms with Crippen molar-refractivity contribution in [3.8, 4) is 6.07 Å². The van der Waals surface area contributed by atoms with Crippen LogP contribution < -0.4 is 0 Å². The molecule has 3 saturated carbocycles. The van der Waals surface area contributed by atoms with E-state index in [9.17, 15) is 10.4 Å². The fourth-order valence-corrected chi connectivity index (χ4v) is 9.73. The maximum atomic E-state index is 11.8. The molecular formula is C25H39NO4Si. The van der Waals surface area contributed by atoms with Gasteiger partial charge in [-0.05, 0) is 81.5 Å². The summed E-state index contributed by atoms with van der Waals surface area (Å²) in [7, 11) is -1.87. The lowest BCUT2D eigenvalue weighted by molar-refractivity contribution is -0.208. The second kappa shape index (κ2) is 6.90. The fourth-order valence-electron chi connectivity index (χ4n) is 8.31. The van der Waals surface area contributed by atoms with Crippen LogP contribution in [0.1, 0.15) is 65.2 Å². The van der Waals surface area contributed by atoms with Crippen molar-refractivity contribution in [3.05, 3.63) is 11.1 Å². The highest BCUT2D eigenvalue weighted by molar-refractivity contribution is 6.69. The summed E-state index contributed by atoms with van der Waals surface area (Å²) in [6.07, 6.45) is 6.91. The van der Waals surface area contributed by atoms with Crippen LogP contribution in [0.5, 0.6) is 0 Å². The lowest BCUT2D eigenvalue weighted by Gasteiger charge is -2.57. The molecule has 1 heterocycles. The second-order valence-electron chi connectivity index (χ2n) is 12.2. The predicted molar refractivity (Wildman–Crippen MR) is 121 cm³/mol. The molecule has 0 bridgehead atoms. The summed E-state index contributed by atoms with van der Waals surface area (Å²) in [5.74, 6) is 0.709. The van der Waals surface area contributed by atoms with E-state index in [2.05, 4.69) is 39.6 Å². The Kier molecular flexibility index (Phi) is 4.92. The van der Waals surface area contributed by atoms with Crippen LogP contribution in [-0.4, -0.2) is 43.6 Å². The zero-order valence-electron chi connectivity index (χ0n) is 19.9. The molecule has 5 rings (SSSR count). The standard InChI is InChI=1S/C25H39NO4Si/c1-17-14-22(2)19(7-10-24(22,16-26)30-31(3,4)5)18-6-9-23(27)15-25(28-12-13-29-25)11-8-20(23)21(17)18/h17-19,27H,6-15H2,1-5H3/t17-,18-,19-,22-,23+,24?/m0/s1. The van der Waals surface area contributed by atoms with Gasteiger partial charge in [-0.3, -0.25) is 0 Å². The van der Waals surface area contributed by atoms with Crippen molar-refractivity contribution < 1.29 is 19.0 Å². The van der Waals surface area contributed by atoms with Crippen molar-refractivity contribution in [1.29, 1.82) is 5.26 Å². The SMILES string of the molecule is C[C@H]1C[C@@]2(C)[C@@H](CCC2(C#N)O[Si](C)(C)C)[C@@H]2CC[C@@]3(O)CC4(CCC3=C21)OCCO4. The highest BCUT2D eigenvalue weighted by atomic mass is 28.4. The summed E-state index contributed by atoms with van der Waals surface area (Å²) >= 11 is 0. The van der Waals surface area contributed by atoms with Gasteiger partial charge in [0.25, 0.3) is 0 Å². The first-order valence-corrected chi connectivity index (χ1v) is 15.7. The van der Waals surface area contributed by atoms with Gasteiger partial charge < -0.3 is 19.0 Å². The van der Waals surface area contributed by atoms with Crippen molar-refractivity contribution in [3.63, 3.8) is 0 Å². The van der Waals surface area contributed by atoms with E-state index in [0.717, 1.165) is 44.9 Å². The molecule has 0 aromatic carbocycles. The van der Waals surface area contributed by atoms with Gasteiger partial charge in [-0.15, -0.1) is 0 Å². The van der Waals surface area contributed by atoms with Crippen LogP contribution in [0.25, 0.3) is 0 Å². The van der Waals surface area contributed by atoms with Crippen molar-refractivity contribution >= 4 is 8.32 Å². The van der Waals surface area contributed by atoms with Gasteiger partial charge in [-0.2, -0.15) is 5.26 Å². The Morgan fingerprint density at radius 3 is 2.48 bits per heavy atom. The van der Waals surface area contributed by atoms with E-state index in [4.69, 9.17) is 13.9 Å². The molecule has 0 radical (unpaired) electrons. The van der Waals surface area contributed by atoms with Crippen LogP contribution in [0.15, 0.2) is 11.1 Å². The number of hydrogen-bond acceptors (Lipinski definition) is 5. The molecule has 0 aromatic rings. The van der Waals surface area contributed by atoms with E-state index in [0.29, 0.717) is 37.4 Å². The molecule has 5 nitrogen and oxygen atoms in total. The Bertz CT molecular complexity index is 837. The number of rotatable bonds is 2. The maximum absolute atomic E-state index is 11.8. The molecule has 31 heavy (non-hydrogen) atoms. The first kappa shape index (κ1) is 22.1. The van der Waals surface area contributed by atoms with Crippen LogP contribution in [0.4, 0.5) is 0 Å². The van der Waals surface area contributed by atoms with Gasteiger partial charge in [0.1, 0.15) is 5.60 Å². The number of aliphatic hydroxyl groups is 1. The molecule has 0 amide bonds.